The Morgan fingerprint density at radius 3 is 2.52 bits per heavy atom. The predicted molar refractivity (Wildman–Crippen MR) is 123 cm³/mol. The van der Waals surface area contributed by atoms with Crippen LogP contribution < -0.4 is 15.3 Å². The van der Waals surface area contributed by atoms with Crippen molar-refractivity contribution in [2.24, 2.45) is 10.9 Å². The molecule has 9 heteroatoms. The quantitative estimate of drug-likeness (QED) is 0.304. The van der Waals surface area contributed by atoms with Gasteiger partial charge in [-0.05, 0) is 35.4 Å². The van der Waals surface area contributed by atoms with Gasteiger partial charge in [0.05, 0.1) is 24.1 Å². The molecule has 0 amide bonds. The van der Waals surface area contributed by atoms with E-state index in [9.17, 15) is 8.42 Å². The number of nitriles is 1. The Balaban J connectivity index is 0.00000341. The second kappa shape index (κ2) is 11.0. The molecule has 0 bridgehead atoms. The smallest absolute Gasteiger partial charge is 0.263 e. The molecule has 3 aromatic rings. The topological polar surface area (TPSA) is 118 Å². The third kappa shape index (κ3) is 6.47. The number of rotatable bonds is 8. The van der Waals surface area contributed by atoms with E-state index in [0.717, 1.165) is 11.1 Å². The lowest BCUT2D eigenvalue weighted by Gasteiger charge is -2.11. The molecule has 0 radical (unpaired) electrons. The Hall–Kier alpha value is -3.54. The molecule has 0 aliphatic heterocycles. The minimum absolute atomic E-state index is 0. The Bertz CT molecular complexity index is 1190. The van der Waals surface area contributed by atoms with Crippen LogP contribution in [0, 0.1) is 11.3 Å². The first-order valence-electron chi connectivity index (χ1n) is 9.09. The molecule has 31 heavy (non-hydrogen) atoms. The summed E-state index contributed by atoms with van der Waals surface area (Å²) in [4.78, 5) is -0.0676. The van der Waals surface area contributed by atoms with Gasteiger partial charge in [0.2, 0.25) is 0 Å². The molecule has 0 atom stereocenters. The first-order valence-corrected chi connectivity index (χ1v) is 10.6. The van der Waals surface area contributed by atoms with Gasteiger partial charge in [0.15, 0.2) is 0 Å². The molecule has 3 N–H and O–H groups in total. The highest BCUT2D eigenvalue weighted by Gasteiger charge is 2.18. The van der Waals surface area contributed by atoms with E-state index in [1.807, 2.05) is 30.3 Å². The molecule has 3 aromatic carbocycles. The minimum atomic E-state index is -3.89. The first kappa shape index (κ1) is 23.7. The van der Waals surface area contributed by atoms with Crippen molar-refractivity contribution in [1.82, 2.24) is 0 Å². The van der Waals surface area contributed by atoms with Crippen molar-refractivity contribution in [3.05, 3.63) is 89.5 Å². The van der Waals surface area contributed by atoms with Crippen molar-refractivity contribution >= 4 is 34.3 Å². The molecular weight excluding hydrogens is 436 g/mol. The zero-order valence-corrected chi connectivity index (χ0v) is 18.1. The fraction of sp³-hybridized carbons (Fsp3) is 0.0909. The van der Waals surface area contributed by atoms with Gasteiger partial charge in [-0.3, -0.25) is 4.72 Å². The first-order chi connectivity index (χ1) is 14.5. The molecule has 0 heterocycles. The number of hydrogen-bond donors (Lipinski definition) is 2. The van der Waals surface area contributed by atoms with Crippen LogP contribution in [0.25, 0.3) is 0 Å². The molecule has 3 rings (SSSR count). The molecular formula is C22H21ClN4O3S. The molecule has 0 spiro atoms. The molecule has 160 valence electrons. The predicted octanol–water partition coefficient (Wildman–Crippen LogP) is 3.69. The Morgan fingerprint density at radius 1 is 1.06 bits per heavy atom. The van der Waals surface area contributed by atoms with Gasteiger partial charge in [-0.25, -0.2) is 8.42 Å². The van der Waals surface area contributed by atoms with Crippen LogP contribution in [0.15, 0.2) is 82.8 Å². The van der Waals surface area contributed by atoms with E-state index in [1.165, 1.54) is 12.1 Å². The zero-order valence-electron chi connectivity index (χ0n) is 16.4. The summed E-state index contributed by atoms with van der Waals surface area (Å²) in [6.45, 7) is 0.428. The maximum Gasteiger partial charge on any atom is 0.263 e. The number of ether oxygens (including phenoxy) is 1. The fourth-order valence-electron chi connectivity index (χ4n) is 2.80. The number of nitrogens with two attached hydrogens (primary N) is 1. The van der Waals surface area contributed by atoms with Crippen LogP contribution in [0.1, 0.15) is 16.7 Å². The summed E-state index contributed by atoms with van der Waals surface area (Å²) in [5.74, 6) is 5.67. The lowest BCUT2D eigenvalue weighted by Crippen LogP contribution is -2.14. The van der Waals surface area contributed by atoms with Gasteiger partial charge in [-0.2, -0.15) is 10.4 Å². The molecule has 0 fully saturated rings. The number of halogens is 1. The van der Waals surface area contributed by atoms with Crippen LogP contribution in [0.2, 0.25) is 0 Å². The summed E-state index contributed by atoms with van der Waals surface area (Å²) in [6.07, 6.45) is 2.26. The van der Waals surface area contributed by atoms with E-state index < -0.39 is 10.0 Å². The van der Waals surface area contributed by atoms with Gasteiger partial charge in [0.25, 0.3) is 10.0 Å². The van der Waals surface area contributed by atoms with Crippen molar-refractivity contribution in [3.8, 4) is 11.8 Å². The van der Waals surface area contributed by atoms with Crippen molar-refractivity contribution in [1.29, 1.82) is 5.26 Å². The Kier molecular flexibility index (Phi) is 8.43. The monoisotopic (exact) mass is 456 g/mol. The third-order valence-corrected chi connectivity index (χ3v) is 5.69. The summed E-state index contributed by atoms with van der Waals surface area (Å²) in [5, 5.41) is 12.6. The lowest BCUT2D eigenvalue weighted by atomic mass is 10.1. The average Bonchev–Trinajstić information content (AvgIpc) is 2.75. The van der Waals surface area contributed by atoms with Crippen molar-refractivity contribution in [3.63, 3.8) is 0 Å². The van der Waals surface area contributed by atoms with Crippen LogP contribution in [0.5, 0.6) is 5.75 Å². The fourth-order valence-corrected chi connectivity index (χ4v) is 4.00. The van der Waals surface area contributed by atoms with Gasteiger partial charge in [-0.1, -0.05) is 42.5 Å². The summed E-state index contributed by atoms with van der Waals surface area (Å²) < 4.78 is 33.5. The number of hydrogen-bond acceptors (Lipinski definition) is 6. The average molecular weight is 457 g/mol. The molecule has 7 nitrogen and oxygen atoms in total. The molecule has 0 saturated heterocycles. The normalized spacial score (nSPS) is 10.8. The Morgan fingerprint density at radius 2 is 1.81 bits per heavy atom. The highest BCUT2D eigenvalue weighted by molar-refractivity contribution is 7.92. The molecule has 0 aliphatic carbocycles. The van der Waals surface area contributed by atoms with E-state index >= 15 is 0 Å². The standard InChI is InChI=1S/C22H20N4O3S.ClH/c23-15-19-4-1-2-7-22(19)30(27,28)26-20-5-3-6-21(14-20)29-13-12-17-8-10-18(11-9-17)16-25-24;/h1-11,14,16,26H,12-13,24H2;1H/b25-16-;. The van der Waals surface area contributed by atoms with Crippen molar-refractivity contribution < 1.29 is 13.2 Å². The van der Waals surface area contributed by atoms with Crippen LogP contribution >= 0.6 is 12.4 Å². The van der Waals surface area contributed by atoms with Crippen molar-refractivity contribution in [2.45, 2.75) is 11.3 Å². The van der Waals surface area contributed by atoms with Crippen LogP contribution in [0.3, 0.4) is 0 Å². The number of anilines is 1. The maximum absolute atomic E-state index is 12.6. The van der Waals surface area contributed by atoms with Crippen LogP contribution in [-0.4, -0.2) is 21.2 Å². The lowest BCUT2D eigenvalue weighted by molar-refractivity contribution is 0.322. The van der Waals surface area contributed by atoms with Gasteiger partial charge in [-0.15, -0.1) is 12.4 Å². The molecule has 0 saturated carbocycles. The van der Waals surface area contributed by atoms with E-state index in [1.54, 1.807) is 42.6 Å². The van der Waals surface area contributed by atoms with Gasteiger partial charge >= 0.3 is 0 Å². The van der Waals surface area contributed by atoms with Gasteiger partial charge in [0.1, 0.15) is 16.7 Å². The number of benzene rings is 3. The number of hydrazone groups is 1. The van der Waals surface area contributed by atoms with E-state index in [2.05, 4.69) is 9.82 Å². The summed E-state index contributed by atoms with van der Waals surface area (Å²) in [6, 6.07) is 22.4. The summed E-state index contributed by atoms with van der Waals surface area (Å²) in [5.41, 5.74) is 2.45. The highest BCUT2D eigenvalue weighted by Crippen LogP contribution is 2.22. The van der Waals surface area contributed by atoms with Crippen LogP contribution in [-0.2, 0) is 16.4 Å². The second-order valence-corrected chi connectivity index (χ2v) is 8.01. The number of nitrogens with zero attached hydrogens (tertiary/aromatic N) is 2. The largest absolute Gasteiger partial charge is 0.493 e. The van der Waals surface area contributed by atoms with Gasteiger partial charge in [0, 0.05) is 12.5 Å². The maximum atomic E-state index is 12.6. The second-order valence-electron chi connectivity index (χ2n) is 6.36. The Labute approximate surface area is 187 Å². The highest BCUT2D eigenvalue weighted by atomic mass is 35.5. The summed E-state index contributed by atoms with van der Waals surface area (Å²) in [7, 11) is -3.89. The van der Waals surface area contributed by atoms with Gasteiger partial charge < -0.3 is 10.6 Å². The SMILES string of the molecule is Cl.N#Cc1ccccc1S(=O)(=O)Nc1cccc(OCCc2ccc(/C=N\N)cc2)c1. The minimum Gasteiger partial charge on any atom is -0.493 e. The third-order valence-electron chi connectivity index (χ3n) is 4.25. The van der Waals surface area contributed by atoms with E-state index in [-0.39, 0.29) is 22.9 Å². The molecule has 0 unspecified atom stereocenters. The molecule has 0 aliphatic rings. The molecule has 0 aromatic heterocycles. The van der Waals surface area contributed by atoms with E-state index in [4.69, 9.17) is 15.8 Å². The van der Waals surface area contributed by atoms with Crippen molar-refractivity contribution in [2.75, 3.05) is 11.3 Å². The van der Waals surface area contributed by atoms with E-state index in [0.29, 0.717) is 24.5 Å². The van der Waals surface area contributed by atoms with Crippen LogP contribution in [0.4, 0.5) is 5.69 Å². The number of sulfonamides is 1. The zero-order chi connectivity index (χ0) is 21.4. The number of nitrogens with one attached hydrogen (secondary N) is 1. The summed E-state index contributed by atoms with van der Waals surface area (Å²) >= 11 is 0.